The van der Waals surface area contributed by atoms with E-state index in [9.17, 15) is 0 Å². The van der Waals surface area contributed by atoms with Gasteiger partial charge < -0.3 is 5.32 Å². The summed E-state index contributed by atoms with van der Waals surface area (Å²) in [5.74, 6) is 0. The molecule has 4 nitrogen and oxygen atoms in total. The van der Waals surface area contributed by atoms with Gasteiger partial charge in [-0.25, -0.2) is 4.98 Å². The number of hydrogen-bond acceptors (Lipinski definition) is 5. The van der Waals surface area contributed by atoms with Crippen molar-refractivity contribution in [3.63, 3.8) is 0 Å². The molecule has 0 aliphatic rings. The predicted molar refractivity (Wildman–Crippen MR) is 85.0 cm³/mol. The Morgan fingerprint density at radius 3 is 2.76 bits per heavy atom. The maximum absolute atomic E-state index is 4.65. The van der Waals surface area contributed by atoms with Gasteiger partial charge in [-0.3, -0.25) is 9.97 Å². The van der Waals surface area contributed by atoms with Gasteiger partial charge in [0.05, 0.1) is 10.7 Å². The zero-order valence-corrected chi connectivity index (χ0v) is 12.4. The summed E-state index contributed by atoms with van der Waals surface area (Å²) in [6.07, 6.45) is 8.20. The van der Waals surface area contributed by atoms with Crippen molar-refractivity contribution in [3.05, 3.63) is 65.0 Å². The molecule has 3 aromatic heterocycles. The van der Waals surface area contributed by atoms with Gasteiger partial charge in [0, 0.05) is 55.2 Å². The fraction of sp³-hybridized carbons (Fsp3) is 0.188. The lowest BCUT2D eigenvalue weighted by Gasteiger charge is -2.02. The third-order valence-corrected chi connectivity index (χ3v) is 4.01. The van der Waals surface area contributed by atoms with Crippen molar-refractivity contribution in [2.75, 3.05) is 6.54 Å². The smallest absolute Gasteiger partial charge is 0.0945 e. The summed E-state index contributed by atoms with van der Waals surface area (Å²) in [4.78, 5) is 12.8. The van der Waals surface area contributed by atoms with Gasteiger partial charge in [-0.2, -0.15) is 0 Å². The number of nitrogens with one attached hydrogen (secondary N) is 1. The Kier molecular flexibility index (Phi) is 4.66. The first kappa shape index (κ1) is 13.9. The summed E-state index contributed by atoms with van der Waals surface area (Å²) in [5, 5.41) is 6.67. The molecule has 0 saturated carbocycles. The van der Waals surface area contributed by atoms with Crippen molar-refractivity contribution in [1.82, 2.24) is 20.3 Å². The van der Waals surface area contributed by atoms with Crippen LogP contribution in [0.5, 0.6) is 0 Å². The number of hydrogen-bond donors (Lipinski definition) is 1. The van der Waals surface area contributed by atoms with Crippen LogP contribution in [0.1, 0.15) is 10.6 Å². The number of pyridine rings is 2. The highest BCUT2D eigenvalue weighted by atomic mass is 32.1. The lowest BCUT2D eigenvalue weighted by molar-refractivity contribution is 0.685. The molecule has 21 heavy (non-hydrogen) atoms. The molecule has 0 radical (unpaired) electrons. The van der Waals surface area contributed by atoms with Crippen molar-refractivity contribution in [1.29, 1.82) is 0 Å². The Morgan fingerprint density at radius 1 is 1.05 bits per heavy atom. The Labute approximate surface area is 127 Å². The molecule has 0 aliphatic heterocycles. The van der Waals surface area contributed by atoms with Gasteiger partial charge in [-0.15, -0.1) is 11.3 Å². The minimum atomic E-state index is 0.864. The van der Waals surface area contributed by atoms with Gasteiger partial charge in [0.15, 0.2) is 0 Å². The normalized spacial score (nSPS) is 10.7. The molecule has 0 unspecified atom stereocenters. The van der Waals surface area contributed by atoms with Gasteiger partial charge in [0.2, 0.25) is 0 Å². The van der Waals surface area contributed by atoms with Crippen LogP contribution < -0.4 is 5.32 Å². The molecule has 0 fully saturated rings. The van der Waals surface area contributed by atoms with Gasteiger partial charge in [0.1, 0.15) is 0 Å². The summed E-state index contributed by atoms with van der Waals surface area (Å²) < 4.78 is 0. The molecular formula is C16H16N4S. The van der Waals surface area contributed by atoms with E-state index in [-0.39, 0.29) is 0 Å². The quantitative estimate of drug-likeness (QED) is 0.711. The molecule has 3 rings (SSSR count). The predicted octanol–water partition coefficient (Wildman–Crippen LogP) is 2.93. The largest absolute Gasteiger partial charge is 0.312 e. The SMILES string of the molecule is c1cncc(-c2csc(CCNCc3ccncc3)n2)c1. The van der Waals surface area contributed by atoms with Crippen molar-refractivity contribution in [2.45, 2.75) is 13.0 Å². The summed E-state index contributed by atoms with van der Waals surface area (Å²) in [7, 11) is 0. The average molecular weight is 296 g/mol. The Morgan fingerprint density at radius 2 is 1.95 bits per heavy atom. The van der Waals surface area contributed by atoms with Crippen molar-refractivity contribution >= 4 is 11.3 Å². The molecule has 0 aliphatic carbocycles. The lowest BCUT2D eigenvalue weighted by Crippen LogP contribution is -2.16. The van der Waals surface area contributed by atoms with E-state index < -0.39 is 0 Å². The molecular weight excluding hydrogens is 280 g/mol. The number of aromatic nitrogens is 3. The molecule has 0 aromatic carbocycles. The van der Waals surface area contributed by atoms with E-state index in [1.807, 2.05) is 42.9 Å². The van der Waals surface area contributed by atoms with E-state index in [0.29, 0.717) is 0 Å². The highest BCUT2D eigenvalue weighted by Gasteiger charge is 2.04. The van der Waals surface area contributed by atoms with Crippen LogP contribution in [0, 0.1) is 0 Å². The molecule has 0 spiro atoms. The van der Waals surface area contributed by atoms with E-state index in [1.54, 1.807) is 17.5 Å². The second kappa shape index (κ2) is 7.06. The van der Waals surface area contributed by atoms with E-state index >= 15 is 0 Å². The molecule has 3 heterocycles. The van der Waals surface area contributed by atoms with Gasteiger partial charge in [0.25, 0.3) is 0 Å². The van der Waals surface area contributed by atoms with Crippen LogP contribution in [0.25, 0.3) is 11.3 Å². The second-order valence-electron chi connectivity index (χ2n) is 4.65. The zero-order valence-electron chi connectivity index (χ0n) is 11.6. The lowest BCUT2D eigenvalue weighted by atomic mass is 10.2. The fourth-order valence-electron chi connectivity index (χ4n) is 2.00. The van der Waals surface area contributed by atoms with Crippen LogP contribution in [-0.2, 0) is 13.0 Å². The monoisotopic (exact) mass is 296 g/mol. The van der Waals surface area contributed by atoms with Gasteiger partial charge >= 0.3 is 0 Å². The number of thiazole rings is 1. The molecule has 1 N–H and O–H groups in total. The van der Waals surface area contributed by atoms with Crippen molar-refractivity contribution in [3.8, 4) is 11.3 Å². The van der Waals surface area contributed by atoms with Crippen LogP contribution in [-0.4, -0.2) is 21.5 Å². The summed E-state index contributed by atoms with van der Waals surface area (Å²) in [5.41, 5.74) is 3.34. The van der Waals surface area contributed by atoms with Crippen LogP contribution >= 0.6 is 11.3 Å². The van der Waals surface area contributed by atoms with Crippen LogP contribution in [0.2, 0.25) is 0 Å². The zero-order chi connectivity index (χ0) is 14.3. The van der Waals surface area contributed by atoms with Crippen molar-refractivity contribution < 1.29 is 0 Å². The summed E-state index contributed by atoms with van der Waals surface area (Å²) >= 11 is 1.70. The van der Waals surface area contributed by atoms with E-state index in [0.717, 1.165) is 35.8 Å². The Balaban J connectivity index is 1.49. The molecule has 0 atom stereocenters. The van der Waals surface area contributed by atoms with Crippen LogP contribution in [0.4, 0.5) is 0 Å². The number of rotatable bonds is 6. The maximum atomic E-state index is 4.65. The molecule has 106 valence electrons. The standard InChI is InChI=1S/C16H16N4S/c1-2-14(11-18-6-1)15-12-21-16(20-15)5-9-19-10-13-3-7-17-8-4-13/h1-4,6-8,11-12,19H,5,9-10H2. The van der Waals surface area contributed by atoms with E-state index in [4.69, 9.17) is 0 Å². The molecule has 3 aromatic rings. The Bertz CT molecular complexity index is 667. The van der Waals surface area contributed by atoms with E-state index in [1.165, 1.54) is 5.56 Å². The highest BCUT2D eigenvalue weighted by molar-refractivity contribution is 7.09. The topological polar surface area (TPSA) is 50.7 Å². The van der Waals surface area contributed by atoms with Gasteiger partial charge in [-0.05, 0) is 29.8 Å². The third-order valence-electron chi connectivity index (χ3n) is 3.10. The first-order valence-electron chi connectivity index (χ1n) is 6.86. The molecule has 0 amide bonds. The first-order chi connectivity index (χ1) is 10.4. The molecule has 0 bridgehead atoms. The minimum absolute atomic E-state index is 0.864. The maximum Gasteiger partial charge on any atom is 0.0945 e. The third kappa shape index (κ3) is 3.93. The first-order valence-corrected chi connectivity index (χ1v) is 7.74. The van der Waals surface area contributed by atoms with Gasteiger partial charge in [-0.1, -0.05) is 0 Å². The minimum Gasteiger partial charge on any atom is -0.312 e. The average Bonchev–Trinajstić information content (AvgIpc) is 3.02. The Hall–Kier alpha value is -2.11. The molecule has 5 heteroatoms. The van der Waals surface area contributed by atoms with Crippen LogP contribution in [0.3, 0.4) is 0 Å². The molecule has 0 saturated heterocycles. The van der Waals surface area contributed by atoms with Crippen molar-refractivity contribution in [2.24, 2.45) is 0 Å². The second-order valence-corrected chi connectivity index (χ2v) is 5.59. The van der Waals surface area contributed by atoms with E-state index in [2.05, 4.69) is 25.6 Å². The highest BCUT2D eigenvalue weighted by Crippen LogP contribution is 2.20. The van der Waals surface area contributed by atoms with Crippen LogP contribution in [0.15, 0.2) is 54.4 Å². The summed E-state index contributed by atoms with van der Waals surface area (Å²) in [6.45, 7) is 1.78. The number of nitrogens with zero attached hydrogens (tertiary/aromatic N) is 3. The fourth-order valence-corrected chi connectivity index (χ4v) is 2.81. The summed E-state index contributed by atoms with van der Waals surface area (Å²) in [6, 6.07) is 8.02.